The Kier molecular flexibility index (Phi) is 5.32. The lowest BCUT2D eigenvalue weighted by atomic mass is 10.3. The second-order valence-electron chi connectivity index (χ2n) is 4.53. The minimum Gasteiger partial charge on any atom is -0.251 e. The van der Waals surface area contributed by atoms with Crippen LogP contribution >= 0.6 is 22.9 Å². The standard InChI is InChI=1S/C13H10ClF4NO2S2/c14-10-6-8(13(16,17)18)7-19-12(10)23(20,21)11-4-3-9(22-11)2-1-5-15/h3-4,6-7H,1-2,5H2. The molecule has 2 aromatic rings. The van der Waals surface area contributed by atoms with Gasteiger partial charge in [0.15, 0.2) is 5.03 Å². The smallest absolute Gasteiger partial charge is 0.251 e. The molecule has 0 aliphatic heterocycles. The number of thiophene rings is 1. The fraction of sp³-hybridized carbons (Fsp3) is 0.308. The summed E-state index contributed by atoms with van der Waals surface area (Å²) in [6.45, 7) is -0.522. The molecule has 0 aliphatic rings. The van der Waals surface area contributed by atoms with Crippen molar-refractivity contribution in [1.82, 2.24) is 4.98 Å². The van der Waals surface area contributed by atoms with Crippen LogP contribution in [0.25, 0.3) is 0 Å². The van der Waals surface area contributed by atoms with Crippen molar-refractivity contribution in [3.63, 3.8) is 0 Å². The number of rotatable bonds is 5. The summed E-state index contributed by atoms with van der Waals surface area (Å²) < 4.78 is 74.6. The van der Waals surface area contributed by atoms with Gasteiger partial charge in [0.1, 0.15) is 4.21 Å². The van der Waals surface area contributed by atoms with E-state index < -0.39 is 38.3 Å². The number of alkyl halides is 4. The molecule has 0 N–H and O–H groups in total. The Balaban J connectivity index is 2.38. The summed E-state index contributed by atoms with van der Waals surface area (Å²) >= 11 is 6.59. The highest BCUT2D eigenvalue weighted by Gasteiger charge is 2.33. The Labute approximate surface area is 138 Å². The molecule has 2 rings (SSSR count). The van der Waals surface area contributed by atoms with Crippen molar-refractivity contribution in [1.29, 1.82) is 0 Å². The van der Waals surface area contributed by atoms with Crippen LogP contribution in [0.2, 0.25) is 5.02 Å². The summed E-state index contributed by atoms with van der Waals surface area (Å²) in [6, 6.07) is 3.37. The molecule has 0 aromatic carbocycles. The van der Waals surface area contributed by atoms with Crippen LogP contribution in [-0.4, -0.2) is 20.1 Å². The van der Waals surface area contributed by atoms with E-state index >= 15 is 0 Å². The van der Waals surface area contributed by atoms with Crippen LogP contribution in [0, 0.1) is 0 Å². The van der Waals surface area contributed by atoms with Crippen LogP contribution in [0.5, 0.6) is 0 Å². The van der Waals surface area contributed by atoms with Gasteiger partial charge in [-0.3, -0.25) is 4.39 Å². The van der Waals surface area contributed by atoms with Crippen molar-refractivity contribution in [3.05, 3.63) is 39.9 Å². The third-order valence-electron chi connectivity index (χ3n) is 2.85. The molecule has 0 amide bonds. The molecule has 0 atom stereocenters. The number of sulfone groups is 1. The molecule has 2 aromatic heterocycles. The summed E-state index contributed by atoms with van der Waals surface area (Å²) in [5.41, 5.74) is -1.13. The highest BCUT2D eigenvalue weighted by Crippen LogP contribution is 2.35. The molecular formula is C13H10ClF4NO2S2. The first kappa shape index (κ1) is 18.2. The number of pyridine rings is 1. The molecule has 0 aliphatic carbocycles. The zero-order valence-corrected chi connectivity index (χ0v) is 13.8. The third-order valence-corrected chi connectivity index (χ3v) is 6.60. The van der Waals surface area contributed by atoms with Crippen molar-refractivity contribution >= 4 is 32.8 Å². The van der Waals surface area contributed by atoms with Crippen molar-refractivity contribution in [3.8, 4) is 0 Å². The van der Waals surface area contributed by atoms with Crippen LogP contribution in [0.3, 0.4) is 0 Å². The zero-order valence-electron chi connectivity index (χ0n) is 11.4. The summed E-state index contributed by atoms with van der Waals surface area (Å²) in [5.74, 6) is 0. The molecule has 23 heavy (non-hydrogen) atoms. The Hall–Kier alpha value is -1.19. The van der Waals surface area contributed by atoms with Gasteiger partial charge in [0, 0.05) is 11.1 Å². The molecule has 0 saturated heterocycles. The fourth-order valence-corrected chi connectivity index (χ4v) is 4.94. The number of hydrogen-bond acceptors (Lipinski definition) is 4. The number of aromatic nitrogens is 1. The van der Waals surface area contributed by atoms with Gasteiger partial charge >= 0.3 is 6.18 Å². The van der Waals surface area contributed by atoms with E-state index in [2.05, 4.69) is 4.98 Å². The van der Waals surface area contributed by atoms with Crippen molar-refractivity contribution in [2.75, 3.05) is 6.67 Å². The monoisotopic (exact) mass is 387 g/mol. The molecule has 0 spiro atoms. The van der Waals surface area contributed by atoms with Crippen molar-refractivity contribution < 1.29 is 26.0 Å². The molecule has 10 heteroatoms. The van der Waals surface area contributed by atoms with E-state index in [1.165, 1.54) is 12.1 Å². The summed E-state index contributed by atoms with van der Waals surface area (Å²) in [5, 5.41) is -1.23. The van der Waals surface area contributed by atoms with Gasteiger partial charge in [-0.1, -0.05) is 11.6 Å². The molecule has 0 unspecified atom stereocenters. The van der Waals surface area contributed by atoms with Gasteiger partial charge in [-0.2, -0.15) is 13.2 Å². The first-order chi connectivity index (χ1) is 10.7. The van der Waals surface area contributed by atoms with Gasteiger partial charge < -0.3 is 0 Å². The predicted octanol–water partition coefficient (Wildman–Crippen LogP) is 4.55. The van der Waals surface area contributed by atoms with Gasteiger partial charge in [0.2, 0.25) is 9.84 Å². The molecule has 2 heterocycles. The first-order valence-electron chi connectivity index (χ1n) is 6.29. The second-order valence-corrected chi connectivity index (χ2v) is 8.19. The van der Waals surface area contributed by atoms with Gasteiger partial charge in [-0.05, 0) is 31.0 Å². The number of aryl methyl sites for hydroxylation is 1. The van der Waals surface area contributed by atoms with E-state index in [1.54, 1.807) is 0 Å². The molecular weight excluding hydrogens is 378 g/mol. The molecule has 126 valence electrons. The lowest BCUT2D eigenvalue weighted by Crippen LogP contribution is -2.09. The Bertz CT molecular complexity index is 803. The number of nitrogens with zero attached hydrogens (tertiary/aromatic N) is 1. The van der Waals surface area contributed by atoms with Gasteiger partial charge in [-0.25, -0.2) is 13.4 Å². The predicted molar refractivity (Wildman–Crippen MR) is 78.3 cm³/mol. The largest absolute Gasteiger partial charge is 0.417 e. The highest BCUT2D eigenvalue weighted by atomic mass is 35.5. The maximum atomic E-state index is 12.6. The zero-order chi connectivity index (χ0) is 17.3. The second kappa shape index (κ2) is 6.74. The van der Waals surface area contributed by atoms with E-state index in [1.807, 2.05) is 0 Å². The van der Waals surface area contributed by atoms with E-state index in [-0.39, 0.29) is 10.6 Å². The Morgan fingerprint density at radius 1 is 1.26 bits per heavy atom. The van der Waals surface area contributed by atoms with Crippen LogP contribution < -0.4 is 0 Å². The number of hydrogen-bond donors (Lipinski definition) is 0. The average Bonchev–Trinajstić information content (AvgIpc) is 2.93. The van der Waals surface area contributed by atoms with Crippen LogP contribution in [-0.2, 0) is 22.4 Å². The lowest BCUT2D eigenvalue weighted by Gasteiger charge is -2.08. The van der Waals surface area contributed by atoms with E-state index in [9.17, 15) is 26.0 Å². The molecule has 0 bridgehead atoms. The molecule has 3 nitrogen and oxygen atoms in total. The maximum Gasteiger partial charge on any atom is 0.417 e. The van der Waals surface area contributed by atoms with Crippen LogP contribution in [0.4, 0.5) is 17.6 Å². The van der Waals surface area contributed by atoms with E-state index in [4.69, 9.17) is 11.6 Å². The summed E-state index contributed by atoms with van der Waals surface area (Å²) in [7, 11) is -4.12. The molecule has 0 radical (unpaired) electrons. The quantitative estimate of drug-likeness (QED) is 0.707. The SMILES string of the molecule is O=S(=O)(c1ccc(CCCF)s1)c1ncc(C(F)(F)F)cc1Cl. The minimum atomic E-state index is -4.67. The third kappa shape index (κ3) is 4.02. The lowest BCUT2D eigenvalue weighted by molar-refractivity contribution is -0.137. The molecule has 0 fully saturated rings. The maximum absolute atomic E-state index is 12.6. The minimum absolute atomic E-state index is 0.0967. The number of halogens is 5. The first-order valence-corrected chi connectivity index (χ1v) is 8.96. The van der Waals surface area contributed by atoms with Gasteiger partial charge in [0.25, 0.3) is 0 Å². The topological polar surface area (TPSA) is 47.0 Å². The normalized spacial score (nSPS) is 12.6. The molecule has 0 saturated carbocycles. The van der Waals surface area contributed by atoms with Crippen LogP contribution in [0.15, 0.2) is 33.6 Å². The summed E-state index contributed by atoms with van der Waals surface area (Å²) in [4.78, 5) is 4.03. The fourth-order valence-electron chi connectivity index (χ4n) is 1.75. The highest BCUT2D eigenvalue weighted by molar-refractivity contribution is 7.93. The van der Waals surface area contributed by atoms with Crippen molar-refractivity contribution in [2.24, 2.45) is 0 Å². The average molecular weight is 388 g/mol. The van der Waals surface area contributed by atoms with E-state index in [0.29, 0.717) is 23.6 Å². The van der Waals surface area contributed by atoms with E-state index in [0.717, 1.165) is 11.3 Å². The van der Waals surface area contributed by atoms with Crippen molar-refractivity contribution in [2.45, 2.75) is 28.3 Å². The summed E-state index contributed by atoms with van der Waals surface area (Å²) in [6.07, 6.45) is -3.60. The van der Waals surface area contributed by atoms with Gasteiger partial charge in [0.05, 0.1) is 17.3 Å². The van der Waals surface area contributed by atoms with Crippen LogP contribution in [0.1, 0.15) is 16.9 Å². The Morgan fingerprint density at radius 3 is 2.52 bits per heavy atom. The van der Waals surface area contributed by atoms with Gasteiger partial charge in [-0.15, -0.1) is 11.3 Å². The Morgan fingerprint density at radius 2 is 1.96 bits per heavy atom.